The summed E-state index contributed by atoms with van der Waals surface area (Å²) in [5.41, 5.74) is -2.16. The number of aromatic nitrogens is 1. The number of carbonyl (C=O) groups excluding carboxylic acids is 1. The highest BCUT2D eigenvalue weighted by atomic mass is 19.4. The molecule has 0 aliphatic heterocycles. The molecule has 1 atom stereocenters. The smallest absolute Gasteiger partial charge is 0.411 e. The fraction of sp³-hybridized carbons (Fsp3) is 0.600. The summed E-state index contributed by atoms with van der Waals surface area (Å²) in [6.07, 6.45) is -1.04. The Kier molecular flexibility index (Phi) is 4.35. The number of ether oxygens (including phenoxy) is 1. The lowest BCUT2D eigenvalue weighted by Gasteiger charge is -2.33. The number of pyridine rings is 1. The minimum atomic E-state index is -4.50. The summed E-state index contributed by atoms with van der Waals surface area (Å²) in [5, 5.41) is 2.13. The van der Waals surface area contributed by atoms with E-state index in [1.54, 1.807) is 13.8 Å². The molecule has 1 amide bonds. The quantitative estimate of drug-likeness (QED) is 0.906. The van der Waals surface area contributed by atoms with Crippen molar-refractivity contribution in [1.29, 1.82) is 0 Å². The van der Waals surface area contributed by atoms with Gasteiger partial charge in [0, 0.05) is 6.20 Å². The third-order valence-corrected chi connectivity index (χ3v) is 3.70. The molecule has 0 spiro atoms. The van der Waals surface area contributed by atoms with E-state index < -0.39 is 23.5 Å². The molecule has 1 aliphatic carbocycles. The van der Waals surface area contributed by atoms with Crippen LogP contribution in [0.4, 0.5) is 13.2 Å². The molecule has 4 nitrogen and oxygen atoms in total. The second-order valence-electron chi connectivity index (χ2n) is 6.00. The van der Waals surface area contributed by atoms with Gasteiger partial charge in [-0.2, -0.15) is 13.2 Å². The van der Waals surface area contributed by atoms with E-state index >= 15 is 0 Å². The zero-order valence-electron chi connectivity index (χ0n) is 12.7. The number of halogens is 3. The Morgan fingerprint density at radius 1 is 1.36 bits per heavy atom. The molecule has 1 saturated carbocycles. The van der Waals surface area contributed by atoms with Gasteiger partial charge in [0.15, 0.2) is 0 Å². The Morgan fingerprint density at radius 3 is 2.50 bits per heavy atom. The molecule has 1 aromatic heterocycles. The van der Waals surface area contributed by atoms with Gasteiger partial charge >= 0.3 is 6.18 Å². The lowest BCUT2D eigenvalue weighted by Crippen LogP contribution is -2.58. The van der Waals surface area contributed by atoms with Gasteiger partial charge in [-0.1, -0.05) is 0 Å². The van der Waals surface area contributed by atoms with Crippen molar-refractivity contribution in [3.8, 4) is 5.75 Å². The predicted octanol–water partition coefficient (Wildman–Crippen LogP) is 3.33. The van der Waals surface area contributed by atoms with Crippen molar-refractivity contribution in [3.05, 3.63) is 24.0 Å². The van der Waals surface area contributed by atoms with Crippen LogP contribution in [0.5, 0.6) is 5.75 Å². The summed E-state index contributed by atoms with van der Waals surface area (Å²) in [7, 11) is 0. The van der Waals surface area contributed by atoms with Gasteiger partial charge in [-0.15, -0.1) is 0 Å². The number of nitrogens with one attached hydrogen (secondary N) is 1. The topological polar surface area (TPSA) is 51.2 Å². The van der Waals surface area contributed by atoms with Crippen molar-refractivity contribution in [2.45, 2.75) is 51.4 Å². The van der Waals surface area contributed by atoms with E-state index in [1.807, 2.05) is 0 Å². The molecule has 0 aromatic carbocycles. The van der Waals surface area contributed by atoms with Gasteiger partial charge in [0.05, 0.1) is 17.9 Å². The molecule has 1 aromatic rings. The summed E-state index contributed by atoms with van der Waals surface area (Å²) < 4.78 is 45.2. The molecular weight excluding hydrogens is 297 g/mol. The Morgan fingerprint density at radius 2 is 2.00 bits per heavy atom. The zero-order chi connectivity index (χ0) is 16.5. The lowest BCUT2D eigenvalue weighted by atomic mass is 9.94. The lowest BCUT2D eigenvalue weighted by molar-refractivity contribution is -0.194. The van der Waals surface area contributed by atoms with Gasteiger partial charge in [0.25, 0.3) is 5.91 Å². The maximum absolute atomic E-state index is 13.3. The van der Waals surface area contributed by atoms with Crippen molar-refractivity contribution in [1.82, 2.24) is 10.3 Å². The molecule has 0 bridgehead atoms. The number of nitrogens with zero attached hydrogens (tertiary/aromatic N) is 1. The van der Waals surface area contributed by atoms with Gasteiger partial charge in [-0.25, -0.2) is 0 Å². The minimum absolute atomic E-state index is 0.0503. The van der Waals surface area contributed by atoms with Crippen LogP contribution >= 0.6 is 0 Å². The Labute approximate surface area is 127 Å². The first-order valence-electron chi connectivity index (χ1n) is 7.14. The summed E-state index contributed by atoms with van der Waals surface area (Å²) in [4.78, 5) is 16.0. The molecule has 1 fully saturated rings. The van der Waals surface area contributed by atoms with Crippen molar-refractivity contribution >= 4 is 5.91 Å². The summed E-state index contributed by atoms with van der Waals surface area (Å²) in [6.45, 7) is 4.64. The molecule has 1 aliphatic rings. The standard InChI is InChI=1S/C15H19F3N2O2/c1-9(2)22-12-6-10(7-19-8-12)13(21)20-14(3,11-4-5-11)15(16,17)18/h6-9,11H,4-5H2,1-3H3,(H,20,21). The average molecular weight is 316 g/mol. The Hall–Kier alpha value is -1.79. The number of alkyl halides is 3. The maximum Gasteiger partial charge on any atom is 0.411 e. The first-order valence-corrected chi connectivity index (χ1v) is 7.14. The van der Waals surface area contributed by atoms with Crippen molar-refractivity contribution < 1.29 is 22.7 Å². The van der Waals surface area contributed by atoms with E-state index in [9.17, 15) is 18.0 Å². The molecule has 0 saturated heterocycles. The van der Waals surface area contributed by atoms with E-state index in [0.29, 0.717) is 18.6 Å². The predicted molar refractivity (Wildman–Crippen MR) is 74.7 cm³/mol. The van der Waals surface area contributed by atoms with E-state index in [1.165, 1.54) is 18.5 Å². The maximum atomic E-state index is 13.3. The van der Waals surface area contributed by atoms with E-state index in [-0.39, 0.29) is 11.7 Å². The van der Waals surface area contributed by atoms with Crippen LogP contribution in [-0.4, -0.2) is 28.7 Å². The number of hydrogen-bond donors (Lipinski definition) is 1. The molecule has 1 unspecified atom stereocenters. The summed E-state index contributed by atoms with van der Waals surface area (Å²) in [5.74, 6) is -1.02. The average Bonchev–Trinajstić information content (AvgIpc) is 3.21. The second kappa shape index (κ2) is 5.78. The van der Waals surface area contributed by atoms with E-state index in [0.717, 1.165) is 6.92 Å². The van der Waals surface area contributed by atoms with Crippen LogP contribution in [0.3, 0.4) is 0 Å². The van der Waals surface area contributed by atoms with Gasteiger partial charge in [-0.3, -0.25) is 9.78 Å². The van der Waals surface area contributed by atoms with Crippen LogP contribution < -0.4 is 10.1 Å². The largest absolute Gasteiger partial charge is 0.489 e. The highest BCUT2D eigenvalue weighted by Crippen LogP contribution is 2.48. The Balaban J connectivity index is 2.17. The second-order valence-corrected chi connectivity index (χ2v) is 6.00. The van der Waals surface area contributed by atoms with Gasteiger partial charge in [-0.05, 0) is 45.6 Å². The molecule has 0 radical (unpaired) electrons. The highest BCUT2D eigenvalue weighted by molar-refractivity contribution is 5.94. The van der Waals surface area contributed by atoms with Crippen molar-refractivity contribution in [2.24, 2.45) is 5.92 Å². The van der Waals surface area contributed by atoms with Gasteiger partial charge in [0.2, 0.25) is 0 Å². The Bertz CT molecular complexity index is 556. The van der Waals surface area contributed by atoms with Crippen LogP contribution in [0.1, 0.15) is 44.0 Å². The third-order valence-electron chi connectivity index (χ3n) is 3.70. The number of carbonyl (C=O) groups is 1. The SMILES string of the molecule is CC(C)Oc1cncc(C(=O)NC(C)(C2CC2)C(F)(F)F)c1. The third kappa shape index (κ3) is 3.51. The van der Waals surface area contributed by atoms with Crippen LogP contribution in [0, 0.1) is 5.92 Å². The number of amides is 1. The molecule has 122 valence electrons. The molecule has 1 N–H and O–H groups in total. The normalized spacial score (nSPS) is 18.0. The van der Waals surface area contributed by atoms with Crippen molar-refractivity contribution in [2.75, 3.05) is 0 Å². The van der Waals surface area contributed by atoms with Crippen LogP contribution in [0.2, 0.25) is 0 Å². The first-order chi connectivity index (χ1) is 10.1. The summed E-state index contributed by atoms with van der Waals surface area (Å²) >= 11 is 0. The molecule has 2 rings (SSSR count). The molecule has 7 heteroatoms. The molecule has 1 heterocycles. The molecule has 22 heavy (non-hydrogen) atoms. The van der Waals surface area contributed by atoms with E-state index in [2.05, 4.69) is 10.3 Å². The fourth-order valence-corrected chi connectivity index (χ4v) is 2.25. The van der Waals surface area contributed by atoms with Crippen LogP contribution in [-0.2, 0) is 0 Å². The first kappa shape index (κ1) is 16.6. The van der Waals surface area contributed by atoms with Crippen LogP contribution in [0.15, 0.2) is 18.5 Å². The fourth-order valence-electron chi connectivity index (χ4n) is 2.25. The van der Waals surface area contributed by atoms with Crippen LogP contribution in [0.25, 0.3) is 0 Å². The summed E-state index contributed by atoms with van der Waals surface area (Å²) in [6, 6.07) is 1.39. The van der Waals surface area contributed by atoms with E-state index in [4.69, 9.17) is 4.74 Å². The van der Waals surface area contributed by atoms with Gasteiger partial charge < -0.3 is 10.1 Å². The molecular formula is C15H19F3N2O2. The zero-order valence-corrected chi connectivity index (χ0v) is 12.7. The monoisotopic (exact) mass is 316 g/mol. The highest BCUT2D eigenvalue weighted by Gasteiger charge is 2.60. The minimum Gasteiger partial charge on any atom is -0.489 e. The van der Waals surface area contributed by atoms with Crippen molar-refractivity contribution in [3.63, 3.8) is 0 Å². The van der Waals surface area contributed by atoms with Gasteiger partial charge in [0.1, 0.15) is 11.3 Å². The number of rotatable bonds is 5. The number of hydrogen-bond acceptors (Lipinski definition) is 3.